The lowest BCUT2D eigenvalue weighted by Gasteiger charge is -2.30. The lowest BCUT2D eigenvalue weighted by atomic mass is 9.96. The van der Waals surface area contributed by atoms with E-state index < -0.39 is 12.2 Å². The van der Waals surface area contributed by atoms with Gasteiger partial charge >= 0.3 is 0 Å². The Labute approximate surface area is 99.8 Å². The average Bonchev–Trinajstić information content (AvgIpc) is 2.69. The van der Waals surface area contributed by atoms with Crippen LogP contribution < -0.4 is 0 Å². The minimum absolute atomic E-state index is 0.00820. The average molecular weight is 242 g/mol. The van der Waals surface area contributed by atoms with Gasteiger partial charge in [0.05, 0.1) is 12.2 Å². The second-order valence-electron chi connectivity index (χ2n) is 4.79. The van der Waals surface area contributed by atoms with Gasteiger partial charge in [-0.05, 0) is 12.8 Å². The largest absolute Gasteiger partial charge is 0.388 e. The van der Waals surface area contributed by atoms with Gasteiger partial charge in [-0.3, -0.25) is 9.59 Å². The van der Waals surface area contributed by atoms with Crippen LogP contribution in [-0.2, 0) is 9.59 Å². The van der Waals surface area contributed by atoms with Crippen LogP contribution >= 0.6 is 0 Å². The first-order chi connectivity index (χ1) is 8.11. The molecule has 2 rings (SSSR count). The molecule has 0 saturated carbocycles. The number of nitrogens with zero attached hydrogens (tertiary/aromatic N) is 2. The Kier molecular flexibility index (Phi) is 3.63. The molecule has 0 aromatic carbocycles. The molecule has 6 heteroatoms. The van der Waals surface area contributed by atoms with Crippen molar-refractivity contribution in [3.05, 3.63) is 0 Å². The van der Waals surface area contributed by atoms with E-state index in [2.05, 4.69) is 0 Å². The van der Waals surface area contributed by atoms with Crippen LogP contribution in [0.3, 0.4) is 0 Å². The number of piperidine rings is 1. The fraction of sp³-hybridized carbons (Fsp3) is 0.818. The number of carbonyl (C=O) groups is 2. The summed E-state index contributed by atoms with van der Waals surface area (Å²) < 4.78 is 0. The zero-order chi connectivity index (χ0) is 12.4. The molecule has 2 atom stereocenters. The summed E-state index contributed by atoms with van der Waals surface area (Å²) in [4.78, 5) is 25.8. The quantitative estimate of drug-likeness (QED) is 0.573. The molecule has 2 fully saturated rings. The normalized spacial score (nSPS) is 30.7. The second kappa shape index (κ2) is 5.01. The first-order valence-electron chi connectivity index (χ1n) is 5.96. The number of likely N-dealkylation sites (tertiary alicyclic amines) is 2. The lowest BCUT2D eigenvalue weighted by Crippen LogP contribution is -2.41. The fourth-order valence-corrected chi connectivity index (χ4v) is 2.46. The molecule has 2 aliphatic rings. The summed E-state index contributed by atoms with van der Waals surface area (Å²) in [5.74, 6) is -0.0881. The van der Waals surface area contributed by atoms with Crippen LogP contribution in [0.15, 0.2) is 0 Å². The van der Waals surface area contributed by atoms with Crippen LogP contribution in [0.2, 0.25) is 0 Å². The molecule has 0 radical (unpaired) electrons. The van der Waals surface area contributed by atoms with E-state index in [9.17, 15) is 19.8 Å². The van der Waals surface area contributed by atoms with E-state index in [0.717, 1.165) is 6.41 Å². The predicted octanol–water partition coefficient (Wildman–Crippen LogP) is -1.58. The van der Waals surface area contributed by atoms with Gasteiger partial charge in [0, 0.05) is 32.1 Å². The molecule has 0 spiro atoms. The maximum atomic E-state index is 12.1. The summed E-state index contributed by atoms with van der Waals surface area (Å²) in [5, 5.41) is 18.8. The number of amides is 2. The van der Waals surface area contributed by atoms with Crippen LogP contribution in [0.5, 0.6) is 0 Å². The van der Waals surface area contributed by atoms with Crippen molar-refractivity contribution in [3.8, 4) is 0 Å². The molecule has 2 saturated heterocycles. The highest BCUT2D eigenvalue weighted by Gasteiger charge is 2.36. The van der Waals surface area contributed by atoms with E-state index in [1.54, 1.807) is 4.90 Å². The number of aliphatic hydroxyl groups is 2. The fourth-order valence-electron chi connectivity index (χ4n) is 2.46. The molecule has 0 aromatic heterocycles. The number of aliphatic hydroxyl groups excluding tert-OH is 2. The molecule has 0 bridgehead atoms. The van der Waals surface area contributed by atoms with Crippen molar-refractivity contribution in [2.45, 2.75) is 25.0 Å². The Balaban J connectivity index is 1.87. The standard InChI is InChI=1S/C11H18N2O4/c14-7-12-3-1-8(2-4-12)11(17)13-5-9(15)10(16)6-13/h7-10,15-16H,1-6H2/t9-,10-/m1/s1. The first-order valence-corrected chi connectivity index (χ1v) is 5.96. The van der Waals surface area contributed by atoms with Crippen LogP contribution in [0.4, 0.5) is 0 Å². The molecule has 17 heavy (non-hydrogen) atoms. The van der Waals surface area contributed by atoms with Crippen LogP contribution in [0.25, 0.3) is 0 Å². The third-order valence-electron chi connectivity index (χ3n) is 3.60. The second-order valence-corrected chi connectivity index (χ2v) is 4.79. The predicted molar refractivity (Wildman–Crippen MR) is 59.0 cm³/mol. The summed E-state index contributed by atoms with van der Waals surface area (Å²) in [5.41, 5.74) is 0. The van der Waals surface area contributed by atoms with E-state index in [1.807, 2.05) is 0 Å². The third-order valence-corrected chi connectivity index (χ3v) is 3.60. The van der Waals surface area contributed by atoms with Gasteiger partial charge in [-0.15, -0.1) is 0 Å². The van der Waals surface area contributed by atoms with Gasteiger partial charge in [0.2, 0.25) is 12.3 Å². The number of hydrogen-bond acceptors (Lipinski definition) is 4. The Morgan fingerprint density at radius 3 is 2.12 bits per heavy atom. The SMILES string of the molecule is O=CN1CCC(C(=O)N2C[C@@H](O)[C@H](O)C2)CC1. The number of carbonyl (C=O) groups excluding carboxylic acids is 2. The Hall–Kier alpha value is -1.14. The number of rotatable bonds is 2. The van der Waals surface area contributed by atoms with Crippen LogP contribution in [-0.4, -0.2) is 70.7 Å². The van der Waals surface area contributed by atoms with Crippen LogP contribution in [0, 0.1) is 5.92 Å². The Morgan fingerprint density at radius 1 is 1.12 bits per heavy atom. The van der Waals surface area contributed by atoms with Crippen molar-refractivity contribution >= 4 is 12.3 Å². The van der Waals surface area contributed by atoms with E-state index in [-0.39, 0.29) is 24.9 Å². The van der Waals surface area contributed by atoms with Gasteiger partial charge < -0.3 is 20.0 Å². The third kappa shape index (κ3) is 2.58. The van der Waals surface area contributed by atoms with Crippen molar-refractivity contribution in [1.82, 2.24) is 9.80 Å². The van der Waals surface area contributed by atoms with E-state index >= 15 is 0 Å². The molecule has 2 aliphatic heterocycles. The molecule has 2 heterocycles. The van der Waals surface area contributed by atoms with E-state index in [4.69, 9.17) is 0 Å². The minimum Gasteiger partial charge on any atom is -0.388 e. The molecule has 96 valence electrons. The highest BCUT2D eigenvalue weighted by molar-refractivity contribution is 5.79. The smallest absolute Gasteiger partial charge is 0.225 e. The van der Waals surface area contributed by atoms with Crippen molar-refractivity contribution in [2.75, 3.05) is 26.2 Å². The molecule has 6 nitrogen and oxygen atoms in total. The molecule has 0 aromatic rings. The van der Waals surface area contributed by atoms with Crippen molar-refractivity contribution < 1.29 is 19.8 Å². The maximum absolute atomic E-state index is 12.1. The highest BCUT2D eigenvalue weighted by Crippen LogP contribution is 2.21. The number of hydrogen-bond donors (Lipinski definition) is 2. The molecule has 0 unspecified atom stereocenters. The molecule has 2 amide bonds. The first kappa shape index (κ1) is 12.3. The monoisotopic (exact) mass is 242 g/mol. The summed E-state index contributed by atoms with van der Waals surface area (Å²) in [7, 11) is 0. The van der Waals surface area contributed by atoms with Gasteiger partial charge in [-0.25, -0.2) is 0 Å². The molecule has 0 aliphatic carbocycles. The van der Waals surface area contributed by atoms with Gasteiger partial charge in [0.25, 0.3) is 0 Å². The summed E-state index contributed by atoms with van der Waals surface area (Å²) in [6, 6.07) is 0. The zero-order valence-corrected chi connectivity index (χ0v) is 9.66. The van der Waals surface area contributed by atoms with E-state index in [0.29, 0.717) is 25.9 Å². The summed E-state index contributed by atoms with van der Waals surface area (Å²) in [6.45, 7) is 1.65. The zero-order valence-electron chi connectivity index (χ0n) is 9.66. The van der Waals surface area contributed by atoms with Crippen molar-refractivity contribution in [3.63, 3.8) is 0 Å². The summed E-state index contributed by atoms with van der Waals surface area (Å²) >= 11 is 0. The summed E-state index contributed by atoms with van der Waals surface area (Å²) in [6.07, 6.45) is 0.493. The maximum Gasteiger partial charge on any atom is 0.225 e. The van der Waals surface area contributed by atoms with Crippen molar-refractivity contribution in [1.29, 1.82) is 0 Å². The molecule has 2 N–H and O–H groups in total. The topological polar surface area (TPSA) is 81.1 Å². The van der Waals surface area contributed by atoms with Gasteiger partial charge in [-0.1, -0.05) is 0 Å². The van der Waals surface area contributed by atoms with E-state index in [1.165, 1.54) is 4.90 Å². The van der Waals surface area contributed by atoms with Gasteiger partial charge in [0.1, 0.15) is 0 Å². The number of β-amino-alcohol motifs (C(OH)–C–C–N with tert-alkyl or cyclic N) is 2. The molecular formula is C11H18N2O4. The lowest BCUT2D eigenvalue weighted by molar-refractivity contribution is -0.137. The van der Waals surface area contributed by atoms with Crippen LogP contribution in [0.1, 0.15) is 12.8 Å². The highest BCUT2D eigenvalue weighted by atomic mass is 16.3. The Bertz CT molecular complexity index is 292. The minimum atomic E-state index is -0.825. The molecular weight excluding hydrogens is 224 g/mol. The van der Waals surface area contributed by atoms with Gasteiger partial charge in [0.15, 0.2) is 0 Å². The van der Waals surface area contributed by atoms with Gasteiger partial charge in [-0.2, -0.15) is 0 Å². The Morgan fingerprint density at radius 2 is 1.65 bits per heavy atom. The van der Waals surface area contributed by atoms with Crippen molar-refractivity contribution in [2.24, 2.45) is 5.92 Å².